The largest absolute Gasteiger partial charge is 0.485 e. The van der Waals surface area contributed by atoms with E-state index < -0.39 is 11.7 Å². The molecule has 1 aliphatic heterocycles. The van der Waals surface area contributed by atoms with Gasteiger partial charge in [0.1, 0.15) is 22.6 Å². The molecule has 1 aromatic carbocycles. The number of nitrogens with one attached hydrogen (secondary N) is 1. The standard InChI is InChI=1S/C23H31ClN2O2/c1-14-11-20(24)26-18-12-17-19(13-16(14)18)28-23(2,3)22(27)21(17)25-10-9-15-7-5-4-6-8-15/h11-13,15,21-22,25,27H,4-10H2,1-3H3/t21-,22+/m0/s1. The summed E-state index contributed by atoms with van der Waals surface area (Å²) in [6, 6.07) is 5.78. The van der Waals surface area contributed by atoms with E-state index in [0.29, 0.717) is 5.15 Å². The van der Waals surface area contributed by atoms with Crippen molar-refractivity contribution < 1.29 is 9.84 Å². The molecule has 0 unspecified atom stereocenters. The van der Waals surface area contributed by atoms with Crippen molar-refractivity contribution in [3.63, 3.8) is 0 Å². The quantitative estimate of drug-likeness (QED) is 0.678. The molecule has 1 fully saturated rings. The molecule has 5 heteroatoms. The molecule has 0 bridgehead atoms. The number of aryl methyl sites for hydroxylation is 1. The molecule has 2 heterocycles. The van der Waals surface area contributed by atoms with Crippen LogP contribution in [0.25, 0.3) is 10.9 Å². The smallest absolute Gasteiger partial charge is 0.131 e. The SMILES string of the molecule is Cc1cc(Cl)nc2cc3c(cc12)OC(C)(C)[C@H](O)[C@H]3NCCC1CCCCC1. The lowest BCUT2D eigenvalue weighted by Gasteiger charge is -2.42. The van der Waals surface area contributed by atoms with E-state index in [0.717, 1.165) is 46.7 Å². The van der Waals surface area contributed by atoms with Crippen LogP contribution in [0.5, 0.6) is 5.75 Å². The molecule has 0 radical (unpaired) electrons. The highest BCUT2D eigenvalue weighted by Crippen LogP contribution is 2.42. The summed E-state index contributed by atoms with van der Waals surface area (Å²) < 4.78 is 6.20. The first kappa shape index (κ1) is 19.9. The molecule has 4 nitrogen and oxygen atoms in total. The first-order valence-corrected chi connectivity index (χ1v) is 10.9. The molecule has 1 saturated carbocycles. The summed E-state index contributed by atoms with van der Waals surface area (Å²) in [6.45, 7) is 6.84. The van der Waals surface area contributed by atoms with Crippen LogP contribution in [0.3, 0.4) is 0 Å². The lowest BCUT2D eigenvalue weighted by atomic mass is 9.84. The molecule has 4 rings (SSSR count). The molecule has 2 N–H and O–H groups in total. The van der Waals surface area contributed by atoms with Crippen LogP contribution in [0.4, 0.5) is 0 Å². The number of halogens is 1. The topological polar surface area (TPSA) is 54.4 Å². The number of fused-ring (bicyclic) bond motifs is 2. The van der Waals surface area contributed by atoms with Gasteiger partial charge in [0.15, 0.2) is 0 Å². The van der Waals surface area contributed by atoms with Gasteiger partial charge in [-0.25, -0.2) is 4.98 Å². The zero-order valence-electron chi connectivity index (χ0n) is 17.1. The minimum Gasteiger partial charge on any atom is -0.485 e. The Balaban J connectivity index is 1.63. The summed E-state index contributed by atoms with van der Waals surface area (Å²) in [7, 11) is 0. The molecule has 0 amide bonds. The fraction of sp³-hybridized carbons (Fsp3) is 0.609. The van der Waals surface area contributed by atoms with Crippen LogP contribution >= 0.6 is 11.6 Å². The van der Waals surface area contributed by atoms with Crippen molar-refractivity contribution in [1.82, 2.24) is 10.3 Å². The molecule has 28 heavy (non-hydrogen) atoms. The van der Waals surface area contributed by atoms with E-state index in [9.17, 15) is 5.11 Å². The van der Waals surface area contributed by atoms with Gasteiger partial charge in [0.2, 0.25) is 0 Å². The number of pyridine rings is 1. The van der Waals surface area contributed by atoms with Gasteiger partial charge in [-0.05, 0) is 63.4 Å². The Morgan fingerprint density at radius 1 is 1.21 bits per heavy atom. The molecular weight excluding hydrogens is 372 g/mol. The lowest BCUT2D eigenvalue weighted by Crippen LogP contribution is -2.52. The maximum absolute atomic E-state index is 11.0. The van der Waals surface area contributed by atoms with E-state index >= 15 is 0 Å². The van der Waals surface area contributed by atoms with Gasteiger partial charge in [-0.2, -0.15) is 0 Å². The Morgan fingerprint density at radius 3 is 2.71 bits per heavy atom. The first-order chi connectivity index (χ1) is 13.3. The van der Waals surface area contributed by atoms with Crippen LogP contribution in [0, 0.1) is 12.8 Å². The van der Waals surface area contributed by atoms with E-state index in [1.54, 1.807) is 0 Å². The lowest BCUT2D eigenvalue weighted by molar-refractivity contribution is -0.0645. The van der Waals surface area contributed by atoms with Crippen LogP contribution < -0.4 is 10.1 Å². The van der Waals surface area contributed by atoms with Crippen LogP contribution in [0.15, 0.2) is 18.2 Å². The second-order valence-electron chi connectivity index (χ2n) is 9.04. The van der Waals surface area contributed by atoms with E-state index in [2.05, 4.69) is 10.3 Å². The number of rotatable bonds is 4. The van der Waals surface area contributed by atoms with E-state index in [-0.39, 0.29) is 6.04 Å². The Hall–Kier alpha value is -1.36. The Labute approximate surface area is 172 Å². The number of ether oxygens (including phenoxy) is 1. The van der Waals surface area contributed by atoms with E-state index in [4.69, 9.17) is 16.3 Å². The summed E-state index contributed by atoms with van der Waals surface area (Å²) in [5, 5.41) is 16.2. The summed E-state index contributed by atoms with van der Waals surface area (Å²) in [6.07, 6.45) is 7.31. The number of aliphatic hydroxyl groups excluding tert-OH is 1. The third-order valence-electron chi connectivity index (χ3n) is 6.49. The summed E-state index contributed by atoms with van der Waals surface area (Å²) in [4.78, 5) is 4.49. The van der Waals surface area contributed by atoms with Crippen molar-refractivity contribution in [1.29, 1.82) is 0 Å². The third kappa shape index (κ3) is 3.87. The third-order valence-corrected chi connectivity index (χ3v) is 6.69. The highest BCUT2D eigenvalue weighted by atomic mass is 35.5. The molecule has 152 valence electrons. The van der Waals surface area contributed by atoms with Gasteiger partial charge in [0, 0.05) is 10.9 Å². The van der Waals surface area contributed by atoms with Gasteiger partial charge in [0.05, 0.1) is 11.6 Å². The molecule has 2 aliphatic rings. The van der Waals surface area contributed by atoms with Crippen molar-refractivity contribution in [2.75, 3.05) is 6.54 Å². The summed E-state index contributed by atoms with van der Waals surface area (Å²) in [5.74, 6) is 1.63. The number of hydrogen-bond acceptors (Lipinski definition) is 4. The van der Waals surface area contributed by atoms with Crippen LogP contribution in [0.1, 0.15) is 69.5 Å². The van der Waals surface area contributed by atoms with Gasteiger partial charge >= 0.3 is 0 Å². The molecular formula is C23H31ClN2O2. The first-order valence-electron chi connectivity index (χ1n) is 10.6. The zero-order chi connectivity index (χ0) is 19.9. The van der Waals surface area contributed by atoms with E-state index in [1.165, 1.54) is 32.1 Å². The fourth-order valence-corrected chi connectivity index (χ4v) is 5.04. The number of aliphatic hydroxyl groups is 1. The maximum atomic E-state index is 11.0. The Kier molecular flexibility index (Phi) is 5.56. The number of nitrogens with zero attached hydrogens (tertiary/aromatic N) is 1. The fourth-order valence-electron chi connectivity index (χ4n) is 4.78. The average molecular weight is 403 g/mol. The predicted octanol–water partition coefficient (Wildman–Crippen LogP) is 5.33. The zero-order valence-corrected chi connectivity index (χ0v) is 17.9. The van der Waals surface area contributed by atoms with Crippen LogP contribution in [-0.2, 0) is 0 Å². The second-order valence-corrected chi connectivity index (χ2v) is 9.43. The monoisotopic (exact) mass is 402 g/mol. The van der Waals surface area contributed by atoms with Gasteiger partial charge in [-0.15, -0.1) is 0 Å². The van der Waals surface area contributed by atoms with Gasteiger partial charge in [-0.1, -0.05) is 43.7 Å². The second kappa shape index (κ2) is 7.81. The van der Waals surface area contributed by atoms with Crippen molar-refractivity contribution >= 4 is 22.5 Å². The molecule has 2 atom stereocenters. The van der Waals surface area contributed by atoms with Crippen molar-refractivity contribution in [2.24, 2.45) is 5.92 Å². The molecule has 0 spiro atoms. The van der Waals surface area contributed by atoms with Crippen LogP contribution in [-0.4, -0.2) is 28.3 Å². The van der Waals surface area contributed by atoms with Gasteiger partial charge in [0.25, 0.3) is 0 Å². The van der Waals surface area contributed by atoms with Crippen molar-refractivity contribution in [3.8, 4) is 5.75 Å². The van der Waals surface area contributed by atoms with Crippen LogP contribution in [0.2, 0.25) is 5.15 Å². The maximum Gasteiger partial charge on any atom is 0.131 e. The highest BCUT2D eigenvalue weighted by Gasteiger charge is 2.43. The minimum atomic E-state index is -0.656. The average Bonchev–Trinajstić information content (AvgIpc) is 2.65. The van der Waals surface area contributed by atoms with Gasteiger partial charge < -0.3 is 15.2 Å². The molecule has 1 aliphatic carbocycles. The molecule has 0 saturated heterocycles. The normalized spacial score (nSPS) is 24.8. The Morgan fingerprint density at radius 2 is 1.96 bits per heavy atom. The van der Waals surface area contributed by atoms with E-state index in [1.807, 2.05) is 39.0 Å². The minimum absolute atomic E-state index is 0.173. The number of benzene rings is 1. The highest BCUT2D eigenvalue weighted by molar-refractivity contribution is 6.29. The Bertz CT molecular complexity index is 861. The van der Waals surface area contributed by atoms with Gasteiger partial charge in [-0.3, -0.25) is 0 Å². The molecule has 1 aromatic heterocycles. The number of aromatic nitrogens is 1. The predicted molar refractivity (Wildman–Crippen MR) is 114 cm³/mol. The summed E-state index contributed by atoms with van der Waals surface area (Å²) in [5.41, 5.74) is 2.24. The molecule has 2 aromatic rings. The summed E-state index contributed by atoms with van der Waals surface area (Å²) >= 11 is 6.18. The number of hydrogen-bond donors (Lipinski definition) is 2. The van der Waals surface area contributed by atoms with Crippen molar-refractivity contribution in [3.05, 3.63) is 34.5 Å². The van der Waals surface area contributed by atoms with Crippen molar-refractivity contribution in [2.45, 2.75) is 77.0 Å².